The van der Waals surface area contributed by atoms with E-state index in [2.05, 4.69) is 22.5 Å². The number of amides is 3. The molecule has 0 spiro atoms. The van der Waals surface area contributed by atoms with Crippen LogP contribution in [-0.4, -0.2) is 60.0 Å². The summed E-state index contributed by atoms with van der Waals surface area (Å²) in [4.78, 5) is 31.8. The van der Waals surface area contributed by atoms with Crippen molar-refractivity contribution in [3.05, 3.63) is 0 Å². The lowest BCUT2D eigenvalue weighted by Gasteiger charge is -2.34. The first kappa shape index (κ1) is 15.6. The van der Waals surface area contributed by atoms with Gasteiger partial charge >= 0.3 is 6.03 Å². The summed E-state index contributed by atoms with van der Waals surface area (Å²) >= 11 is 0. The van der Waals surface area contributed by atoms with E-state index in [9.17, 15) is 9.59 Å². The van der Waals surface area contributed by atoms with Crippen molar-refractivity contribution in [1.82, 2.24) is 20.4 Å². The number of hydrogen-bond donors (Lipinski definition) is 2. The van der Waals surface area contributed by atoms with Crippen molar-refractivity contribution >= 4 is 17.9 Å². The molecule has 2 fully saturated rings. The molecule has 0 aromatic carbocycles. The molecule has 2 aliphatic rings. The van der Waals surface area contributed by atoms with Gasteiger partial charge in [0, 0.05) is 20.1 Å². The quantitative estimate of drug-likeness (QED) is 0.708. The maximum absolute atomic E-state index is 12.1. The standard InChI is InChI=1S/C14H25N5O2/c1-4-6-7-8-9-15-13-16-11-10(19(13)5-2)12(20)17-14(21)18(11)3/h10-11H,4-9H2,1-3H3,(H,15,16)(H,17,20,21). The fourth-order valence-corrected chi connectivity index (χ4v) is 2.79. The number of likely N-dealkylation sites (N-methyl/N-ethyl adjacent to an activating group) is 2. The number of nitrogens with zero attached hydrogens (tertiary/aromatic N) is 3. The van der Waals surface area contributed by atoms with Crippen molar-refractivity contribution in [2.24, 2.45) is 4.99 Å². The van der Waals surface area contributed by atoms with E-state index >= 15 is 0 Å². The highest BCUT2D eigenvalue weighted by Gasteiger charge is 2.49. The highest BCUT2D eigenvalue weighted by molar-refractivity contribution is 6.04. The first-order chi connectivity index (χ1) is 10.1. The normalized spacial score (nSPS) is 26.9. The summed E-state index contributed by atoms with van der Waals surface area (Å²) < 4.78 is 0. The second-order valence-corrected chi connectivity index (χ2v) is 5.49. The molecule has 7 heteroatoms. The molecule has 0 aromatic heterocycles. The van der Waals surface area contributed by atoms with Crippen LogP contribution >= 0.6 is 0 Å². The van der Waals surface area contributed by atoms with E-state index in [0.29, 0.717) is 6.54 Å². The number of guanidine groups is 1. The Morgan fingerprint density at radius 3 is 2.62 bits per heavy atom. The first-order valence-electron chi connectivity index (χ1n) is 7.75. The van der Waals surface area contributed by atoms with Crippen LogP contribution in [0.2, 0.25) is 0 Å². The van der Waals surface area contributed by atoms with Crippen molar-refractivity contribution in [2.45, 2.75) is 51.7 Å². The molecule has 7 nitrogen and oxygen atoms in total. The summed E-state index contributed by atoms with van der Waals surface area (Å²) in [5.41, 5.74) is 0. The Kier molecular flexibility index (Phi) is 5.03. The van der Waals surface area contributed by atoms with Gasteiger partial charge in [0.15, 0.2) is 12.0 Å². The molecular formula is C14H25N5O2. The molecular weight excluding hydrogens is 270 g/mol. The summed E-state index contributed by atoms with van der Waals surface area (Å²) in [5.74, 6) is 0.467. The molecule has 21 heavy (non-hydrogen) atoms. The van der Waals surface area contributed by atoms with E-state index in [4.69, 9.17) is 0 Å². The Balaban J connectivity index is 2.05. The topological polar surface area (TPSA) is 77.0 Å². The number of aliphatic imine (C=N–C) groups is 1. The molecule has 2 saturated heterocycles. The Morgan fingerprint density at radius 2 is 1.95 bits per heavy atom. The van der Waals surface area contributed by atoms with Gasteiger partial charge in [0.2, 0.25) is 0 Å². The molecule has 2 unspecified atom stereocenters. The second-order valence-electron chi connectivity index (χ2n) is 5.49. The number of rotatable bonds is 6. The Morgan fingerprint density at radius 1 is 1.19 bits per heavy atom. The van der Waals surface area contributed by atoms with Crippen LogP contribution in [0.5, 0.6) is 0 Å². The first-order valence-corrected chi connectivity index (χ1v) is 7.75. The van der Waals surface area contributed by atoms with Crippen LogP contribution in [0.15, 0.2) is 4.99 Å². The van der Waals surface area contributed by atoms with Gasteiger partial charge in [0.25, 0.3) is 5.91 Å². The molecule has 2 N–H and O–H groups in total. The average Bonchev–Trinajstić information content (AvgIpc) is 2.84. The third kappa shape index (κ3) is 3.11. The zero-order valence-corrected chi connectivity index (χ0v) is 13.1. The number of urea groups is 1. The van der Waals surface area contributed by atoms with Crippen LogP contribution in [0.1, 0.15) is 39.5 Å². The highest BCUT2D eigenvalue weighted by Crippen LogP contribution is 2.20. The Bertz CT molecular complexity index is 437. The fraction of sp³-hybridized carbons (Fsp3) is 0.786. The molecule has 3 amide bonds. The lowest BCUT2D eigenvalue weighted by atomic mass is 10.1. The summed E-state index contributed by atoms with van der Waals surface area (Å²) in [6.45, 7) is 5.59. The molecule has 0 aliphatic carbocycles. The van der Waals surface area contributed by atoms with Crippen LogP contribution < -0.4 is 10.6 Å². The summed E-state index contributed by atoms with van der Waals surface area (Å²) in [6.07, 6.45) is 4.31. The van der Waals surface area contributed by atoms with E-state index in [0.717, 1.165) is 18.9 Å². The minimum Gasteiger partial charge on any atom is -0.334 e. The fourth-order valence-electron chi connectivity index (χ4n) is 2.79. The minimum absolute atomic E-state index is 0.256. The summed E-state index contributed by atoms with van der Waals surface area (Å²) in [5, 5.41) is 5.60. The van der Waals surface area contributed by atoms with E-state index in [1.807, 2.05) is 11.8 Å². The lowest BCUT2D eigenvalue weighted by molar-refractivity contribution is -0.127. The van der Waals surface area contributed by atoms with Gasteiger partial charge in [-0.1, -0.05) is 26.2 Å². The predicted molar refractivity (Wildman–Crippen MR) is 80.8 cm³/mol. The van der Waals surface area contributed by atoms with Gasteiger partial charge in [-0.3, -0.25) is 15.1 Å². The Hall–Kier alpha value is -1.79. The number of nitrogens with one attached hydrogen (secondary N) is 2. The second kappa shape index (κ2) is 6.78. The zero-order valence-electron chi connectivity index (χ0n) is 13.1. The maximum Gasteiger partial charge on any atom is 0.325 e. The number of carbonyl (C=O) groups is 2. The molecule has 2 atom stereocenters. The van der Waals surface area contributed by atoms with E-state index in [1.54, 1.807) is 7.05 Å². The minimum atomic E-state index is -0.396. The maximum atomic E-state index is 12.1. The number of carbonyl (C=O) groups excluding carboxylic acids is 2. The van der Waals surface area contributed by atoms with Crippen molar-refractivity contribution in [3.63, 3.8) is 0 Å². The van der Waals surface area contributed by atoms with Crippen molar-refractivity contribution in [3.8, 4) is 0 Å². The third-order valence-electron chi connectivity index (χ3n) is 4.03. The molecule has 0 saturated carbocycles. The van der Waals surface area contributed by atoms with Crippen LogP contribution in [0, 0.1) is 0 Å². The van der Waals surface area contributed by atoms with E-state index in [-0.39, 0.29) is 18.1 Å². The smallest absolute Gasteiger partial charge is 0.325 e. The van der Waals surface area contributed by atoms with Gasteiger partial charge in [-0.2, -0.15) is 0 Å². The molecule has 118 valence electrons. The SMILES string of the molecule is CCCCCCN=C1NC2C(C(=O)NC(=O)N2C)N1CC. The number of fused-ring (bicyclic) bond motifs is 1. The van der Waals surface area contributed by atoms with Gasteiger partial charge in [0.05, 0.1) is 0 Å². The van der Waals surface area contributed by atoms with Crippen molar-refractivity contribution < 1.29 is 9.59 Å². The summed E-state index contributed by atoms with van der Waals surface area (Å²) in [7, 11) is 1.68. The van der Waals surface area contributed by atoms with Crippen molar-refractivity contribution in [2.75, 3.05) is 20.1 Å². The third-order valence-corrected chi connectivity index (χ3v) is 4.03. The Labute approximate surface area is 125 Å². The zero-order chi connectivity index (χ0) is 15.4. The molecule has 2 rings (SSSR count). The van der Waals surface area contributed by atoms with Gasteiger partial charge < -0.3 is 15.1 Å². The monoisotopic (exact) mass is 295 g/mol. The largest absolute Gasteiger partial charge is 0.334 e. The van der Waals surface area contributed by atoms with E-state index < -0.39 is 6.04 Å². The van der Waals surface area contributed by atoms with Gasteiger partial charge in [0.1, 0.15) is 6.17 Å². The molecule has 2 heterocycles. The van der Waals surface area contributed by atoms with Crippen LogP contribution in [0.3, 0.4) is 0 Å². The molecule has 0 radical (unpaired) electrons. The van der Waals surface area contributed by atoms with Gasteiger partial charge in [-0.15, -0.1) is 0 Å². The van der Waals surface area contributed by atoms with Crippen LogP contribution in [-0.2, 0) is 4.79 Å². The molecule has 2 aliphatic heterocycles. The average molecular weight is 295 g/mol. The number of imide groups is 1. The number of hydrogen-bond acceptors (Lipinski definition) is 3. The van der Waals surface area contributed by atoms with Gasteiger partial charge in [-0.05, 0) is 13.3 Å². The van der Waals surface area contributed by atoms with Crippen molar-refractivity contribution in [1.29, 1.82) is 0 Å². The predicted octanol–water partition coefficient (Wildman–Crippen LogP) is 0.724. The number of unbranched alkanes of at least 4 members (excludes halogenated alkanes) is 3. The van der Waals surface area contributed by atoms with Crippen LogP contribution in [0.4, 0.5) is 4.79 Å². The van der Waals surface area contributed by atoms with Gasteiger partial charge in [-0.25, -0.2) is 4.79 Å². The molecule has 0 aromatic rings. The molecule has 0 bridgehead atoms. The van der Waals surface area contributed by atoms with Crippen LogP contribution in [0.25, 0.3) is 0 Å². The highest BCUT2D eigenvalue weighted by atomic mass is 16.2. The lowest BCUT2D eigenvalue weighted by Crippen LogP contribution is -2.64. The summed E-state index contributed by atoms with van der Waals surface area (Å²) in [6, 6.07) is -0.763. The van der Waals surface area contributed by atoms with E-state index in [1.165, 1.54) is 24.2 Å².